The van der Waals surface area contributed by atoms with E-state index in [2.05, 4.69) is 20.6 Å². The second kappa shape index (κ2) is 6.41. The number of amides is 2. The Morgan fingerprint density at radius 1 is 1.00 bits per heavy atom. The minimum Gasteiger partial charge on any atom is -0.352 e. The molecular formula is C17H16N4O3. The molecule has 0 unspecified atom stereocenters. The van der Waals surface area contributed by atoms with Crippen molar-refractivity contribution in [2.24, 2.45) is 0 Å². The number of hydrogen-bond acceptors (Lipinski definition) is 3. The Morgan fingerprint density at radius 3 is 2.42 bits per heavy atom. The lowest BCUT2D eigenvalue weighted by atomic mass is 10.1. The summed E-state index contributed by atoms with van der Waals surface area (Å²) in [6.07, 6.45) is 0. The van der Waals surface area contributed by atoms with Crippen LogP contribution in [-0.4, -0.2) is 21.8 Å². The minimum absolute atomic E-state index is 0.102. The van der Waals surface area contributed by atoms with Crippen molar-refractivity contribution in [1.82, 2.24) is 15.3 Å². The summed E-state index contributed by atoms with van der Waals surface area (Å²) in [5, 5.41) is 5.48. The molecule has 2 aromatic carbocycles. The second-order valence-electron chi connectivity index (χ2n) is 5.40. The number of H-pyrrole nitrogens is 2. The molecule has 0 aliphatic heterocycles. The summed E-state index contributed by atoms with van der Waals surface area (Å²) in [6.45, 7) is 1.88. The van der Waals surface area contributed by atoms with Crippen LogP contribution in [-0.2, 0) is 11.3 Å². The molecule has 3 aromatic rings. The van der Waals surface area contributed by atoms with Crippen molar-refractivity contribution >= 4 is 28.5 Å². The number of fused-ring (bicyclic) bond motifs is 1. The van der Waals surface area contributed by atoms with Gasteiger partial charge in [0, 0.05) is 24.7 Å². The van der Waals surface area contributed by atoms with Crippen molar-refractivity contribution < 1.29 is 9.59 Å². The fourth-order valence-corrected chi connectivity index (χ4v) is 2.31. The van der Waals surface area contributed by atoms with Gasteiger partial charge in [0.2, 0.25) is 5.91 Å². The Balaban J connectivity index is 1.71. The largest absolute Gasteiger partial charge is 0.352 e. The predicted molar refractivity (Wildman–Crippen MR) is 90.8 cm³/mol. The number of aromatic amines is 2. The molecule has 3 rings (SSSR count). The number of carbonyl (C=O) groups excluding carboxylic acids is 2. The van der Waals surface area contributed by atoms with Gasteiger partial charge in [0.05, 0.1) is 11.0 Å². The molecule has 0 bridgehead atoms. The molecule has 7 heteroatoms. The highest BCUT2D eigenvalue weighted by atomic mass is 16.2. The third-order valence-corrected chi connectivity index (χ3v) is 3.53. The van der Waals surface area contributed by atoms with Gasteiger partial charge in [0.25, 0.3) is 5.91 Å². The summed E-state index contributed by atoms with van der Waals surface area (Å²) in [4.78, 5) is 39.7. The Morgan fingerprint density at radius 2 is 1.71 bits per heavy atom. The first-order valence-corrected chi connectivity index (χ1v) is 7.38. The van der Waals surface area contributed by atoms with Gasteiger partial charge in [-0.2, -0.15) is 0 Å². The molecule has 0 radical (unpaired) electrons. The van der Waals surface area contributed by atoms with E-state index >= 15 is 0 Å². The van der Waals surface area contributed by atoms with E-state index in [1.165, 1.54) is 6.92 Å². The van der Waals surface area contributed by atoms with Gasteiger partial charge in [0.1, 0.15) is 0 Å². The van der Waals surface area contributed by atoms with Crippen molar-refractivity contribution in [3.63, 3.8) is 0 Å². The molecule has 122 valence electrons. The van der Waals surface area contributed by atoms with Crippen LogP contribution in [0.3, 0.4) is 0 Å². The second-order valence-corrected chi connectivity index (χ2v) is 5.40. The van der Waals surface area contributed by atoms with E-state index < -0.39 is 0 Å². The SMILES string of the molecule is CC(=O)NCc1ccc(C(=O)Nc2ccc3[nH]c(=O)[nH]c3c2)cc1. The summed E-state index contributed by atoms with van der Waals surface area (Å²) in [7, 11) is 0. The Hall–Kier alpha value is -3.35. The lowest BCUT2D eigenvalue weighted by Gasteiger charge is -2.07. The van der Waals surface area contributed by atoms with Crippen LogP contribution in [0, 0.1) is 0 Å². The quantitative estimate of drug-likeness (QED) is 0.587. The summed E-state index contributed by atoms with van der Waals surface area (Å²) >= 11 is 0. The van der Waals surface area contributed by atoms with E-state index in [1.807, 2.05) is 0 Å². The normalized spacial score (nSPS) is 10.5. The zero-order chi connectivity index (χ0) is 17.1. The number of anilines is 1. The Kier molecular flexibility index (Phi) is 4.15. The maximum absolute atomic E-state index is 12.3. The highest BCUT2D eigenvalue weighted by molar-refractivity contribution is 6.04. The molecule has 0 fully saturated rings. The number of rotatable bonds is 4. The summed E-state index contributed by atoms with van der Waals surface area (Å²) in [5.74, 6) is -0.353. The van der Waals surface area contributed by atoms with Crippen LogP contribution in [0.25, 0.3) is 11.0 Å². The van der Waals surface area contributed by atoms with E-state index in [0.717, 1.165) is 5.56 Å². The zero-order valence-corrected chi connectivity index (χ0v) is 13.0. The van der Waals surface area contributed by atoms with Crippen LogP contribution >= 0.6 is 0 Å². The Labute approximate surface area is 137 Å². The molecule has 0 aliphatic rings. The van der Waals surface area contributed by atoms with Crippen molar-refractivity contribution in [1.29, 1.82) is 0 Å². The van der Waals surface area contributed by atoms with Crippen molar-refractivity contribution in [3.8, 4) is 0 Å². The van der Waals surface area contributed by atoms with Gasteiger partial charge in [-0.05, 0) is 35.9 Å². The smallest absolute Gasteiger partial charge is 0.323 e. The fraction of sp³-hybridized carbons (Fsp3) is 0.118. The van der Waals surface area contributed by atoms with Gasteiger partial charge in [-0.1, -0.05) is 12.1 Å². The number of nitrogens with one attached hydrogen (secondary N) is 4. The van der Waals surface area contributed by atoms with Crippen LogP contribution < -0.4 is 16.3 Å². The summed E-state index contributed by atoms with van der Waals surface area (Å²) in [5.41, 5.74) is 3.02. The molecular weight excluding hydrogens is 308 g/mol. The van der Waals surface area contributed by atoms with Crippen molar-refractivity contribution in [3.05, 3.63) is 64.1 Å². The van der Waals surface area contributed by atoms with E-state index in [0.29, 0.717) is 28.8 Å². The van der Waals surface area contributed by atoms with Crippen molar-refractivity contribution in [2.75, 3.05) is 5.32 Å². The van der Waals surface area contributed by atoms with E-state index in [4.69, 9.17) is 0 Å². The minimum atomic E-state index is -0.289. The zero-order valence-electron chi connectivity index (χ0n) is 13.0. The molecule has 4 N–H and O–H groups in total. The average Bonchev–Trinajstić information content (AvgIpc) is 2.92. The van der Waals surface area contributed by atoms with Crippen LogP contribution in [0.2, 0.25) is 0 Å². The van der Waals surface area contributed by atoms with E-state index in [9.17, 15) is 14.4 Å². The van der Waals surface area contributed by atoms with Gasteiger partial charge >= 0.3 is 5.69 Å². The highest BCUT2D eigenvalue weighted by Crippen LogP contribution is 2.16. The number of hydrogen-bond donors (Lipinski definition) is 4. The van der Waals surface area contributed by atoms with Crippen molar-refractivity contribution in [2.45, 2.75) is 13.5 Å². The van der Waals surface area contributed by atoms with Crippen LogP contribution in [0.15, 0.2) is 47.3 Å². The maximum atomic E-state index is 12.3. The third-order valence-electron chi connectivity index (χ3n) is 3.53. The maximum Gasteiger partial charge on any atom is 0.323 e. The van der Waals surface area contributed by atoms with Crippen LogP contribution in [0.5, 0.6) is 0 Å². The molecule has 2 amide bonds. The standard InChI is InChI=1S/C17H16N4O3/c1-10(22)18-9-11-2-4-12(5-3-11)16(23)19-13-6-7-14-15(8-13)21-17(24)20-14/h2-8H,9H2,1H3,(H,18,22)(H,19,23)(H2,20,21,24). The predicted octanol–water partition coefficient (Wildman–Crippen LogP) is 1.74. The topological polar surface area (TPSA) is 107 Å². The molecule has 0 saturated heterocycles. The molecule has 1 heterocycles. The fourth-order valence-electron chi connectivity index (χ4n) is 2.31. The molecule has 0 spiro atoms. The molecule has 7 nitrogen and oxygen atoms in total. The molecule has 0 saturated carbocycles. The first-order valence-electron chi connectivity index (χ1n) is 7.38. The number of benzene rings is 2. The van der Waals surface area contributed by atoms with E-state index in [-0.39, 0.29) is 17.5 Å². The van der Waals surface area contributed by atoms with Gasteiger partial charge < -0.3 is 20.6 Å². The highest BCUT2D eigenvalue weighted by Gasteiger charge is 2.07. The first-order chi connectivity index (χ1) is 11.5. The lowest BCUT2D eigenvalue weighted by molar-refractivity contribution is -0.119. The average molecular weight is 324 g/mol. The summed E-state index contributed by atoms with van der Waals surface area (Å²) < 4.78 is 0. The number of carbonyl (C=O) groups is 2. The molecule has 1 aromatic heterocycles. The third kappa shape index (κ3) is 3.52. The van der Waals surface area contributed by atoms with Gasteiger partial charge in [-0.3, -0.25) is 9.59 Å². The molecule has 0 aliphatic carbocycles. The monoisotopic (exact) mass is 324 g/mol. The van der Waals surface area contributed by atoms with E-state index in [1.54, 1.807) is 42.5 Å². The number of aromatic nitrogens is 2. The van der Waals surface area contributed by atoms with Crippen LogP contribution in [0.1, 0.15) is 22.8 Å². The molecule has 24 heavy (non-hydrogen) atoms. The molecule has 0 atom stereocenters. The van der Waals surface area contributed by atoms with Gasteiger partial charge in [-0.15, -0.1) is 0 Å². The van der Waals surface area contributed by atoms with Gasteiger partial charge in [-0.25, -0.2) is 4.79 Å². The number of imidazole rings is 1. The van der Waals surface area contributed by atoms with Crippen LogP contribution in [0.4, 0.5) is 5.69 Å². The van der Waals surface area contributed by atoms with Gasteiger partial charge in [0.15, 0.2) is 0 Å². The summed E-state index contributed by atoms with van der Waals surface area (Å²) in [6, 6.07) is 12.1. The lowest BCUT2D eigenvalue weighted by Crippen LogP contribution is -2.19. The Bertz CT molecular complexity index is 954. The first kappa shape index (κ1) is 15.5.